The van der Waals surface area contributed by atoms with Crippen molar-refractivity contribution in [3.63, 3.8) is 0 Å². The lowest BCUT2D eigenvalue weighted by Crippen LogP contribution is -2.12. The number of ether oxygens (including phenoxy) is 2. The summed E-state index contributed by atoms with van der Waals surface area (Å²) in [5, 5.41) is 19.9. The third-order valence-corrected chi connectivity index (χ3v) is 4.66. The Bertz CT molecular complexity index is 1330. The molecule has 0 bridgehead atoms. The molecule has 1 heterocycles. The number of anilines is 1. The van der Waals surface area contributed by atoms with Gasteiger partial charge in [0.1, 0.15) is 23.3 Å². The molecular weight excluding hydrogens is 402 g/mol. The molecule has 0 saturated heterocycles. The largest absolute Gasteiger partial charge is 0.733 e. The van der Waals surface area contributed by atoms with E-state index in [-0.39, 0.29) is 33.2 Å². The Kier molecular flexibility index (Phi) is 5.40. The van der Waals surface area contributed by atoms with Gasteiger partial charge in [-0.1, -0.05) is 24.3 Å². The molecule has 0 radical (unpaired) electrons. The number of hydrogen-bond donors (Lipinski definition) is 1. The maximum absolute atomic E-state index is 13.0. The van der Waals surface area contributed by atoms with Crippen LogP contribution in [0.3, 0.4) is 0 Å². The highest BCUT2D eigenvalue weighted by Gasteiger charge is 2.15. The Labute approximate surface area is 176 Å². The molecule has 8 heteroatoms. The van der Waals surface area contributed by atoms with Crippen LogP contribution in [0.5, 0.6) is 11.5 Å². The zero-order valence-electron chi connectivity index (χ0n) is 16.3. The van der Waals surface area contributed by atoms with Crippen molar-refractivity contribution in [2.24, 2.45) is 0 Å². The molecule has 4 rings (SSSR count). The first-order valence-electron chi connectivity index (χ1n) is 9.15. The molecule has 0 saturated carbocycles. The van der Waals surface area contributed by atoms with Crippen LogP contribution in [0.25, 0.3) is 22.1 Å². The van der Waals surface area contributed by atoms with E-state index in [1.807, 2.05) is 0 Å². The van der Waals surface area contributed by atoms with Gasteiger partial charge in [0.05, 0.1) is 29.3 Å². The Morgan fingerprint density at radius 2 is 1.84 bits per heavy atom. The molecule has 0 fully saturated rings. The van der Waals surface area contributed by atoms with Crippen LogP contribution in [-0.2, 0) is 0 Å². The van der Waals surface area contributed by atoms with Crippen LogP contribution in [-0.4, -0.2) is 18.3 Å². The van der Waals surface area contributed by atoms with Crippen LogP contribution in [0, 0.1) is 5.21 Å². The molecule has 0 amide bonds. The topological polar surface area (TPSA) is 112 Å². The first-order chi connectivity index (χ1) is 15.0. The van der Waals surface area contributed by atoms with E-state index in [4.69, 9.17) is 19.1 Å². The van der Waals surface area contributed by atoms with Crippen molar-refractivity contribution < 1.29 is 23.9 Å². The second kappa shape index (κ2) is 8.31. The summed E-state index contributed by atoms with van der Waals surface area (Å²) in [5.41, 5.74) is 0.895. The summed E-state index contributed by atoms with van der Waals surface area (Å²) in [6, 6.07) is 16.9. The van der Waals surface area contributed by atoms with Gasteiger partial charge in [0.2, 0.25) is 5.43 Å². The predicted molar refractivity (Wildman–Crippen MR) is 114 cm³/mol. The molecule has 0 aliphatic carbocycles. The van der Waals surface area contributed by atoms with Crippen molar-refractivity contribution in [1.29, 1.82) is 0 Å². The Morgan fingerprint density at radius 1 is 1.03 bits per heavy atom. The lowest BCUT2D eigenvalue weighted by molar-refractivity contribution is 0.0735. The summed E-state index contributed by atoms with van der Waals surface area (Å²) >= 11 is 0. The summed E-state index contributed by atoms with van der Waals surface area (Å²) < 4.78 is 16.3. The number of carbonyl (C=O) groups is 1. The highest BCUT2D eigenvalue weighted by molar-refractivity contribution is 5.93. The molecule has 0 aliphatic rings. The highest BCUT2D eigenvalue weighted by Crippen LogP contribution is 2.29. The van der Waals surface area contributed by atoms with Gasteiger partial charge < -0.3 is 24.3 Å². The Hall–Kier alpha value is -4.14. The number of hydrogen-bond acceptors (Lipinski definition) is 8. The van der Waals surface area contributed by atoms with Gasteiger partial charge in [0, 0.05) is 11.6 Å². The summed E-state index contributed by atoms with van der Waals surface area (Å²) in [6.07, 6.45) is 1.33. The van der Waals surface area contributed by atoms with Gasteiger partial charge in [-0.3, -0.25) is 10.0 Å². The molecule has 4 aromatic rings. The highest BCUT2D eigenvalue weighted by atomic mass is 16.8. The molecular formula is C23H16NO7-. The summed E-state index contributed by atoms with van der Waals surface area (Å²) in [4.78, 5) is 25.3. The normalized spacial score (nSPS) is 10.7. The van der Waals surface area contributed by atoms with E-state index < -0.39 is 5.97 Å². The molecule has 0 aliphatic heterocycles. The standard InChI is InChI=1S/C23H16NO7/c1-29-20-8-3-2-7-17(20)19-13-30-21-12-16(9-10-18(21)22(19)25)31-23(26)14-5-4-6-15(11-14)24(27)28/h2-13,27H,1H3/q-1. The zero-order chi connectivity index (χ0) is 22.0. The molecule has 8 nitrogen and oxygen atoms in total. The van der Waals surface area contributed by atoms with Gasteiger partial charge in [0.15, 0.2) is 0 Å². The zero-order valence-corrected chi connectivity index (χ0v) is 16.3. The second-order valence-electron chi connectivity index (χ2n) is 6.55. The molecule has 156 valence electrons. The van der Waals surface area contributed by atoms with E-state index >= 15 is 0 Å². The van der Waals surface area contributed by atoms with E-state index in [1.165, 1.54) is 55.8 Å². The minimum absolute atomic E-state index is 0.0699. The number of nitrogens with zero attached hydrogens (tertiary/aromatic N) is 1. The van der Waals surface area contributed by atoms with Gasteiger partial charge in [-0.15, -0.1) is 0 Å². The molecule has 0 spiro atoms. The maximum atomic E-state index is 13.0. The van der Waals surface area contributed by atoms with Crippen LogP contribution in [0.1, 0.15) is 10.4 Å². The van der Waals surface area contributed by atoms with Crippen LogP contribution >= 0.6 is 0 Å². The average Bonchev–Trinajstić information content (AvgIpc) is 2.79. The van der Waals surface area contributed by atoms with Crippen LogP contribution in [0.2, 0.25) is 0 Å². The van der Waals surface area contributed by atoms with Crippen molar-refractivity contribution in [1.82, 2.24) is 0 Å². The van der Waals surface area contributed by atoms with E-state index in [0.29, 0.717) is 22.3 Å². The third kappa shape index (κ3) is 3.97. The molecule has 1 N–H and O–H groups in total. The minimum Gasteiger partial charge on any atom is -0.733 e. The Balaban J connectivity index is 1.66. The number of rotatable bonds is 5. The van der Waals surface area contributed by atoms with E-state index in [9.17, 15) is 14.8 Å². The number of carbonyl (C=O) groups excluding carboxylic acids is 1. The second-order valence-corrected chi connectivity index (χ2v) is 6.55. The maximum Gasteiger partial charge on any atom is 0.343 e. The van der Waals surface area contributed by atoms with E-state index in [2.05, 4.69) is 0 Å². The lowest BCUT2D eigenvalue weighted by Gasteiger charge is -2.21. The fourth-order valence-electron chi connectivity index (χ4n) is 3.14. The minimum atomic E-state index is -0.740. The fraction of sp³-hybridized carbons (Fsp3) is 0.0435. The number of esters is 1. The first-order valence-corrected chi connectivity index (χ1v) is 9.15. The van der Waals surface area contributed by atoms with Crippen molar-refractivity contribution in [3.05, 3.63) is 94.0 Å². The number of benzene rings is 3. The number of para-hydroxylation sites is 1. The van der Waals surface area contributed by atoms with Gasteiger partial charge in [-0.25, -0.2) is 4.79 Å². The first kappa shape index (κ1) is 20.1. The van der Waals surface area contributed by atoms with Gasteiger partial charge >= 0.3 is 5.97 Å². The van der Waals surface area contributed by atoms with E-state index in [0.717, 1.165) is 0 Å². The van der Waals surface area contributed by atoms with Gasteiger partial charge in [0.25, 0.3) is 0 Å². The third-order valence-electron chi connectivity index (χ3n) is 4.66. The van der Waals surface area contributed by atoms with Crippen molar-refractivity contribution in [3.8, 4) is 22.6 Å². The van der Waals surface area contributed by atoms with E-state index in [1.54, 1.807) is 24.3 Å². The van der Waals surface area contributed by atoms with Gasteiger partial charge in [-0.2, -0.15) is 0 Å². The molecule has 1 aromatic heterocycles. The summed E-state index contributed by atoms with van der Waals surface area (Å²) in [6.45, 7) is 0. The SMILES string of the molecule is COc1ccccc1-c1coc2cc(OC(=O)c3cccc(N([O-])O)c3)ccc2c1=O. The van der Waals surface area contributed by atoms with Crippen LogP contribution in [0.4, 0.5) is 5.69 Å². The molecule has 0 unspecified atom stereocenters. The number of fused-ring (bicyclic) bond motifs is 1. The number of methoxy groups -OCH3 is 1. The molecule has 0 atom stereocenters. The summed E-state index contributed by atoms with van der Waals surface area (Å²) in [5.74, 6) is -0.0448. The van der Waals surface area contributed by atoms with Crippen molar-refractivity contribution in [2.75, 3.05) is 12.3 Å². The quantitative estimate of drug-likeness (QED) is 0.289. The average molecular weight is 418 g/mol. The van der Waals surface area contributed by atoms with Crippen molar-refractivity contribution in [2.45, 2.75) is 0 Å². The molecule has 31 heavy (non-hydrogen) atoms. The summed E-state index contributed by atoms with van der Waals surface area (Å²) in [7, 11) is 1.52. The lowest BCUT2D eigenvalue weighted by atomic mass is 10.0. The predicted octanol–water partition coefficient (Wildman–Crippen LogP) is 4.38. The van der Waals surface area contributed by atoms with Gasteiger partial charge in [-0.05, 0) is 36.4 Å². The Morgan fingerprint density at radius 3 is 2.61 bits per heavy atom. The van der Waals surface area contributed by atoms with Crippen LogP contribution in [0.15, 0.2) is 82.2 Å². The van der Waals surface area contributed by atoms with Crippen molar-refractivity contribution >= 4 is 22.6 Å². The smallest absolute Gasteiger partial charge is 0.343 e. The monoisotopic (exact) mass is 418 g/mol. The molecule has 3 aromatic carbocycles. The van der Waals surface area contributed by atoms with Crippen LogP contribution < -0.4 is 20.1 Å². The fourth-order valence-corrected chi connectivity index (χ4v) is 3.14.